The molecule has 0 aliphatic heterocycles. The number of anilines is 1. The van der Waals surface area contributed by atoms with Crippen molar-refractivity contribution < 1.29 is 18.7 Å². The van der Waals surface area contributed by atoms with Crippen LogP contribution in [-0.4, -0.2) is 28.0 Å². The van der Waals surface area contributed by atoms with Crippen LogP contribution in [-0.2, 0) is 16.1 Å². The van der Waals surface area contributed by atoms with Crippen molar-refractivity contribution in [1.82, 2.24) is 9.55 Å². The average molecular weight is 494 g/mol. The highest BCUT2D eigenvalue weighted by Gasteiger charge is 2.18. The molecule has 1 N–H and O–H groups in total. The molecule has 4 aromatic rings. The van der Waals surface area contributed by atoms with Gasteiger partial charge in [-0.2, -0.15) is 0 Å². The number of benzene rings is 2. The number of ether oxygens (including phenoxy) is 1. The van der Waals surface area contributed by atoms with Gasteiger partial charge < -0.3 is 10.1 Å². The monoisotopic (exact) mass is 493 g/mol. The number of amides is 1. The summed E-state index contributed by atoms with van der Waals surface area (Å²) in [5, 5.41) is 3.13. The average Bonchev–Trinajstić information content (AvgIpc) is 3.18. The third-order valence-corrected chi connectivity index (χ3v) is 6.45. The molecule has 9 heteroatoms. The summed E-state index contributed by atoms with van der Waals surface area (Å²) >= 11 is 1.38. The van der Waals surface area contributed by atoms with E-state index in [1.54, 1.807) is 36.4 Å². The number of thiophene rings is 1. The van der Waals surface area contributed by atoms with E-state index >= 15 is 0 Å². The summed E-state index contributed by atoms with van der Waals surface area (Å²) in [5.41, 5.74) is 1.94. The third-order valence-electron chi connectivity index (χ3n) is 5.44. The van der Waals surface area contributed by atoms with E-state index in [9.17, 15) is 18.8 Å². The number of carbonyl (C=O) groups excluding carboxylic acids is 2. The predicted octanol–water partition coefficient (Wildman–Crippen LogP) is 5.17. The smallest absolute Gasteiger partial charge is 0.338 e. The van der Waals surface area contributed by atoms with Crippen molar-refractivity contribution in [1.29, 1.82) is 0 Å². The largest absolute Gasteiger partial charge is 0.462 e. The number of esters is 1. The van der Waals surface area contributed by atoms with E-state index in [2.05, 4.69) is 10.3 Å². The fraction of sp³-hybridized carbons (Fsp3) is 0.231. The highest BCUT2D eigenvalue weighted by atomic mass is 32.1. The maximum Gasteiger partial charge on any atom is 0.338 e. The second-order valence-corrected chi connectivity index (χ2v) is 9.22. The molecule has 0 saturated carbocycles. The first-order valence-electron chi connectivity index (χ1n) is 11.2. The number of nitrogens with zero attached hydrogens (tertiary/aromatic N) is 2. The molecule has 2 aromatic heterocycles. The molecular formula is C26H24FN3O4S. The first-order chi connectivity index (χ1) is 16.9. The van der Waals surface area contributed by atoms with Crippen molar-refractivity contribution in [2.45, 2.75) is 33.2 Å². The van der Waals surface area contributed by atoms with Crippen LogP contribution >= 0.6 is 11.3 Å². The molecule has 0 fully saturated rings. The van der Waals surface area contributed by atoms with Gasteiger partial charge in [-0.25, -0.2) is 14.2 Å². The maximum atomic E-state index is 13.4. The van der Waals surface area contributed by atoms with E-state index in [0.717, 1.165) is 17.7 Å². The quantitative estimate of drug-likeness (QED) is 0.270. The fourth-order valence-corrected chi connectivity index (χ4v) is 4.65. The van der Waals surface area contributed by atoms with Gasteiger partial charge in [0.25, 0.3) is 5.56 Å². The second kappa shape index (κ2) is 10.6. The molecule has 0 bridgehead atoms. The lowest BCUT2D eigenvalue weighted by atomic mass is 10.0. The molecule has 35 heavy (non-hydrogen) atoms. The van der Waals surface area contributed by atoms with Crippen LogP contribution in [0.3, 0.4) is 0 Å². The van der Waals surface area contributed by atoms with E-state index in [1.165, 1.54) is 34.4 Å². The van der Waals surface area contributed by atoms with Crippen LogP contribution in [0.25, 0.3) is 21.3 Å². The first-order valence-corrected chi connectivity index (χ1v) is 12.0. The fourth-order valence-electron chi connectivity index (χ4n) is 3.65. The van der Waals surface area contributed by atoms with E-state index in [4.69, 9.17) is 4.74 Å². The van der Waals surface area contributed by atoms with Crippen LogP contribution in [0.2, 0.25) is 0 Å². The Morgan fingerprint density at radius 3 is 2.51 bits per heavy atom. The number of carbonyl (C=O) groups is 2. The molecule has 0 aliphatic carbocycles. The van der Waals surface area contributed by atoms with E-state index in [-0.39, 0.29) is 17.9 Å². The molecule has 0 radical (unpaired) electrons. The van der Waals surface area contributed by atoms with E-state index < -0.39 is 11.9 Å². The van der Waals surface area contributed by atoms with Crippen LogP contribution in [0.5, 0.6) is 0 Å². The van der Waals surface area contributed by atoms with Gasteiger partial charge >= 0.3 is 5.97 Å². The summed E-state index contributed by atoms with van der Waals surface area (Å²) in [6.45, 7) is 4.03. The number of nitrogens with one attached hydrogen (secondary N) is 1. The van der Waals surface area contributed by atoms with Gasteiger partial charge in [0.1, 0.15) is 17.2 Å². The number of hydrogen-bond acceptors (Lipinski definition) is 6. The number of halogens is 1. The van der Waals surface area contributed by atoms with Gasteiger partial charge in [0.2, 0.25) is 5.91 Å². The normalized spacial score (nSPS) is 10.9. The SMILES string of the molecule is CCCCOC(=O)c1ccc(NC(=O)Cn2cnc3sc(C)c(-c4ccc(F)cc4)c3c2=O)cc1. The molecule has 4 rings (SSSR count). The van der Waals surface area contributed by atoms with Gasteiger partial charge in [-0.05, 0) is 55.3 Å². The van der Waals surface area contributed by atoms with E-state index in [0.29, 0.717) is 39.2 Å². The lowest BCUT2D eigenvalue weighted by molar-refractivity contribution is -0.116. The van der Waals surface area contributed by atoms with Crippen molar-refractivity contribution >= 4 is 39.1 Å². The summed E-state index contributed by atoms with van der Waals surface area (Å²) < 4.78 is 19.8. The first kappa shape index (κ1) is 24.3. The molecule has 0 unspecified atom stereocenters. The third kappa shape index (κ3) is 5.46. The van der Waals surface area contributed by atoms with Gasteiger partial charge in [0.15, 0.2) is 0 Å². The van der Waals surface area contributed by atoms with E-state index in [1.807, 2.05) is 13.8 Å². The molecule has 2 aromatic carbocycles. The Bertz CT molecular complexity index is 1430. The minimum atomic E-state index is -0.415. The van der Waals surface area contributed by atoms with Crippen molar-refractivity contribution in [3.63, 3.8) is 0 Å². The Morgan fingerprint density at radius 1 is 1.11 bits per heavy atom. The summed E-state index contributed by atoms with van der Waals surface area (Å²) in [6, 6.07) is 12.3. The minimum Gasteiger partial charge on any atom is -0.462 e. The maximum absolute atomic E-state index is 13.4. The molecule has 0 aliphatic rings. The van der Waals surface area contributed by atoms with Crippen LogP contribution in [0.15, 0.2) is 59.7 Å². The zero-order chi connectivity index (χ0) is 24.9. The molecule has 7 nitrogen and oxygen atoms in total. The Morgan fingerprint density at radius 2 is 1.83 bits per heavy atom. The Kier molecular flexibility index (Phi) is 7.36. The van der Waals surface area contributed by atoms with Crippen molar-refractivity contribution in [2.24, 2.45) is 0 Å². The predicted molar refractivity (Wildman–Crippen MR) is 134 cm³/mol. The number of aryl methyl sites for hydroxylation is 1. The minimum absolute atomic E-state index is 0.236. The Balaban J connectivity index is 1.51. The molecule has 0 saturated heterocycles. The van der Waals surface area contributed by atoms with Gasteiger partial charge in [-0.15, -0.1) is 11.3 Å². The summed E-state index contributed by atoms with van der Waals surface area (Å²) in [6.07, 6.45) is 3.09. The number of rotatable bonds is 8. The van der Waals surface area contributed by atoms with Gasteiger partial charge in [0, 0.05) is 16.1 Å². The highest BCUT2D eigenvalue weighted by Crippen LogP contribution is 2.35. The highest BCUT2D eigenvalue weighted by molar-refractivity contribution is 7.19. The summed E-state index contributed by atoms with van der Waals surface area (Å²) in [7, 11) is 0. The lowest BCUT2D eigenvalue weighted by Crippen LogP contribution is -2.27. The van der Waals surface area contributed by atoms with Crippen LogP contribution in [0.1, 0.15) is 35.0 Å². The molecule has 0 spiro atoms. The van der Waals surface area contributed by atoms with Crippen molar-refractivity contribution in [3.05, 3.63) is 81.5 Å². The topological polar surface area (TPSA) is 90.3 Å². The molecule has 180 valence electrons. The number of hydrogen-bond donors (Lipinski definition) is 1. The molecule has 0 atom stereocenters. The number of fused-ring (bicyclic) bond motifs is 1. The van der Waals surface area contributed by atoms with Gasteiger partial charge in [0.05, 0.1) is 23.9 Å². The van der Waals surface area contributed by atoms with Crippen molar-refractivity contribution in [2.75, 3.05) is 11.9 Å². The Labute approximate surface area is 205 Å². The lowest BCUT2D eigenvalue weighted by Gasteiger charge is -2.09. The summed E-state index contributed by atoms with van der Waals surface area (Å²) in [4.78, 5) is 43.7. The Hall–Kier alpha value is -3.85. The zero-order valence-electron chi connectivity index (χ0n) is 19.3. The van der Waals surface area contributed by atoms with Crippen LogP contribution in [0, 0.1) is 12.7 Å². The molecule has 1 amide bonds. The van der Waals surface area contributed by atoms with Crippen molar-refractivity contribution in [3.8, 4) is 11.1 Å². The van der Waals surface area contributed by atoms with Crippen LogP contribution < -0.4 is 10.9 Å². The standard InChI is InChI=1S/C26H24FN3O4S/c1-3-4-13-34-26(33)18-7-11-20(12-8-18)29-21(31)14-30-15-28-24-23(25(30)32)22(16(2)35-24)17-5-9-19(27)10-6-17/h5-12,15H,3-4,13-14H2,1-2H3,(H,29,31). The number of unbranched alkanes of at least 4 members (excludes halogenated alkanes) is 1. The molecular weight excluding hydrogens is 469 g/mol. The summed E-state index contributed by atoms with van der Waals surface area (Å²) in [5.74, 6) is -1.19. The van der Waals surface area contributed by atoms with Gasteiger partial charge in [-0.3, -0.25) is 14.2 Å². The zero-order valence-corrected chi connectivity index (χ0v) is 20.2. The second-order valence-electron chi connectivity index (χ2n) is 8.01. The molecule has 2 heterocycles. The van der Waals surface area contributed by atoms with Gasteiger partial charge in [-0.1, -0.05) is 25.5 Å². The van der Waals surface area contributed by atoms with Crippen LogP contribution in [0.4, 0.5) is 10.1 Å². The number of aromatic nitrogens is 2.